The molecule has 1 amide bonds. The summed E-state index contributed by atoms with van der Waals surface area (Å²) in [5.74, 6) is -0.450. The van der Waals surface area contributed by atoms with Gasteiger partial charge < -0.3 is 4.90 Å². The number of hydrogen-bond donors (Lipinski definition) is 1. The van der Waals surface area contributed by atoms with Gasteiger partial charge in [0, 0.05) is 35.9 Å². The van der Waals surface area contributed by atoms with E-state index in [0.29, 0.717) is 34.3 Å². The van der Waals surface area contributed by atoms with Crippen molar-refractivity contribution in [2.75, 3.05) is 13.1 Å². The van der Waals surface area contributed by atoms with Crippen LogP contribution in [0.4, 0.5) is 13.2 Å². The van der Waals surface area contributed by atoms with Crippen LogP contribution in [0.3, 0.4) is 0 Å². The van der Waals surface area contributed by atoms with Crippen molar-refractivity contribution in [2.45, 2.75) is 31.5 Å². The van der Waals surface area contributed by atoms with Crippen LogP contribution in [0.2, 0.25) is 5.02 Å². The third-order valence-corrected chi connectivity index (χ3v) is 8.42. The number of aromatic nitrogens is 4. The van der Waals surface area contributed by atoms with Gasteiger partial charge in [0.15, 0.2) is 5.17 Å². The minimum atomic E-state index is -4.60. The molecule has 2 aromatic carbocycles. The Morgan fingerprint density at radius 1 is 1.15 bits per heavy atom. The second-order valence-corrected chi connectivity index (χ2v) is 10.9. The van der Waals surface area contributed by atoms with E-state index in [2.05, 4.69) is 25.2 Å². The fourth-order valence-electron chi connectivity index (χ4n) is 5.04. The molecular formula is C27H22ClF3N6OS. The van der Waals surface area contributed by atoms with Crippen LogP contribution in [0.15, 0.2) is 71.0 Å². The maximum atomic E-state index is 13.9. The molecule has 7 nitrogen and oxygen atoms in total. The largest absolute Gasteiger partial charge is 0.416 e. The minimum Gasteiger partial charge on any atom is -0.351 e. The summed E-state index contributed by atoms with van der Waals surface area (Å²) >= 11 is 7.14. The van der Waals surface area contributed by atoms with E-state index in [9.17, 15) is 18.0 Å². The maximum absolute atomic E-state index is 13.9. The average Bonchev–Trinajstić information content (AvgIpc) is 3.68. The number of alkyl halides is 3. The predicted octanol–water partition coefficient (Wildman–Crippen LogP) is 6.35. The molecule has 4 aromatic rings. The number of fused-ring (bicyclic) bond motifs is 1. The van der Waals surface area contributed by atoms with Gasteiger partial charge in [-0.1, -0.05) is 23.7 Å². The molecule has 39 heavy (non-hydrogen) atoms. The number of likely N-dealkylation sites (tertiary alicyclic amines) is 1. The summed E-state index contributed by atoms with van der Waals surface area (Å²) in [6.07, 6.45) is 2.32. The Hall–Kier alpha value is -3.57. The highest BCUT2D eigenvalue weighted by molar-refractivity contribution is 8.18. The van der Waals surface area contributed by atoms with E-state index >= 15 is 0 Å². The first-order valence-corrected chi connectivity index (χ1v) is 13.5. The van der Waals surface area contributed by atoms with Gasteiger partial charge in [-0.15, -0.1) is 0 Å². The number of benzene rings is 2. The maximum Gasteiger partial charge on any atom is 0.416 e. The molecule has 4 heterocycles. The van der Waals surface area contributed by atoms with Crippen LogP contribution in [0.1, 0.15) is 35.6 Å². The number of aliphatic imine (C=N–C) groups is 1. The molecule has 200 valence electrons. The van der Waals surface area contributed by atoms with E-state index in [-0.39, 0.29) is 23.0 Å². The molecule has 6 rings (SSSR count). The number of aromatic amines is 1. The highest BCUT2D eigenvalue weighted by atomic mass is 35.5. The van der Waals surface area contributed by atoms with Gasteiger partial charge in [0.05, 0.1) is 28.2 Å². The Morgan fingerprint density at radius 3 is 2.72 bits per heavy atom. The molecule has 0 bridgehead atoms. The van der Waals surface area contributed by atoms with Crippen molar-refractivity contribution in [1.82, 2.24) is 24.9 Å². The molecule has 1 N–H and O–H groups in total. The highest BCUT2D eigenvalue weighted by Gasteiger charge is 2.36. The number of thioether (sulfide) groups is 1. The molecule has 1 saturated heterocycles. The zero-order valence-corrected chi connectivity index (χ0v) is 22.0. The van der Waals surface area contributed by atoms with Gasteiger partial charge in [0.1, 0.15) is 0 Å². The first kappa shape index (κ1) is 25.7. The van der Waals surface area contributed by atoms with Crippen LogP contribution >= 0.6 is 23.4 Å². The molecule has 0 unspecified atom stereocenters. The SMILES string of the molecule is O=C1N=C(N2CCC(n3cccn3)CC2)SC1=C(Cc1ccc(Cl)cc1C(F)(F)F)c1ccc2[nH]ncc2c1. The molecule has 2 aromatic heterocycles. The van der Waals surface area contributed by atoms with Crippen LogP contribution < -0.4 is 0 Å². The van der Waals surface area contributed by atoms with E-state index in [1.54, 1.807) is 24.5 Å². The number of allylic oxidation sites excluding steroid dienone is 1. The van der Waals surface area contributed by atoms with Crippen LogP contribution in [0.25, 0.3) is 16.5 Å². The summed E-state index contributed by atoms with van der Waals surface area (Å²) in [5.41, 5.74) is 1.11. The van der Waals surface area contributed by atoms with Gasteiger partial charge in [-0.05, 0) is 78.1 Å². The van der Waals surface area contributed by atoms with Crippen molar-refractivity contribution in [3.05, 3.63) is 87.7 Å². The fraction of sp³-hybridized carbons (Fsp3) is 0.259. The normalized spacial score (nSPS) is 18.2. The zero-order valence-electron chi connectivity index (χ0n) is 20.5. The summed E-state index contributed by atoms with van der Waals surface area (Å²) in [5, 5.41) is 12.6. The first-order chi connectivity index (χ1) is 18.8. The summed E-state index contributed by atoms with van der Waals surface area (Å²) in [7, 11) is 0. The van der Waals surface area contributed by atoms with Crippen molar-refractivity contribution in [3.8, 4) is 0 Å². The number of amides is 1. The lowest BCUT2D eigenvalue weighted by atomic mass is 9.93. The standard InChI is InChI=1S/C27H22ClF3N6OS/c28-19-4-2-17(22(14-19)27(29,30)31)13-21(16-3-5-23-18(12-16)15-32-35-23)24-25(38)34-26(39-24)36-10-6-20(7-11-36)37-9-1-8-33-37/h1-5,8-9,12,14-15,20H,6-7,10-11,13H2,(H,32,35). The third-order valence-electron chi connectivity index (χ3n) is 7.03. The Bertz CT molecular complexity index is 1600. The molecule has 1 fully saturated rings. The molecule has 2 aliphatic rings. The number of rotatable bonds is 4. The molecule has 0 atom stereocenters. The third kappa shape index (κ3) is 5.20. The van der Waals surface area contributed by atoms with Crippen LogP contribution in [0, 0.1) is 0 Å². The van der Waals surface area contributed by atoms with Crippen LogP contribution in [0.5, 0.6) is 0 Å². The Labute approximate surface area is 230 Å². The van der Waals surface area contributed by atoms with Gasteiger partial charge >= 0.3 is 6.18 Å². The van der Waals surface area contributed by atoms with Crippen LogP contribution in [-0.2, 0) is 17.4 Å². The average molecular weight is 571 g/mol. The zero-order chi connectivity index (χ0) is 27.1. The number of nitrogens with zero attached hydrogens (tertiary/aromatic N) is 5. The monoisotopic (exact) mass is 570 g/mol. The van der Waals surface area contributed by atoms with E-state index in [4.69, 9.17) is 11.6 Å². The van der Waals surface area contributed by atoms with Crippen molar-refractivity contribution in [1.29, 1.82) is 0 Å². The number of nitrogens with one attached hydrogen (secondary N) is 1. The van der Waals surface area contributed by atoms with E-state index in [1.807, 2.05) is 23.0 Å². The van der Waals surface area contributed by atoms with Gasteiger partial charge in [0.2, 0.25) is 0 Å². The number of carbonyl (C=O) groups is 1. The number of H-pyrrole nitrogens is 1. The molecule has 0 radical (unpaired) electrons. The van der Waals surface area contributed by atoms with Crippen molar-refractivity contribution < 1.29 is 18.0 Å². The number of piperidine rings is 1. The Morgan fingerprint density at radius 2 is 1.97 bits per heavy atom. The number of hydrogen-bond acceptors (Lipinski definition) is 5. The number of halogens is 4. The van der Waals surface area contributed by atoms with E-state index in [1.165, 1.54) is 23.9 Å². The summed E-state index contributed by atoms with van der Waals surface area (Å²) in [6, 6.07) is 11.3. The minimum absolute atomic E-state index is 0.00412. The molecule has 2 aliphatic heterocycles. The molecule has 0 saturated carbocycles. The summed E-state index contributed by atoms with van der Waals surface area (Å²) in [4.78, 5) is 20.0. The van der Waals surface area contributed by atoms with Gasteiger partial charge in [-0.3, -0.25) is 14.6 Å². The first-order valence-electron chi connectivity index (χ1n) is 12.3. The van der Waals surface area contributed by atoms with Gasteiger partial charge in [0.25, 0.3) is 5.91 Å². The van der Waals surface area contributed by atoms with E-state index in [0.717, 1.165) is 29.8 Å². The second-order valence-electron chi connectivity index (χ2n) is 9.46. The lowest BCUT2D eigenvalue weighted by Gasteiger charge is -2.32. The van der Waals surface area contributed by atoms with Crippen LogP contribution in [-0.4, -0.2) is 49.0 Å². The fourth-order valence-corrected chi connectivity index (χ4v) is 6.28. The predicted molar refractivity (Wildman–Crippen MR) is 145 cm³/mol. The molecule has 0 aliphatic carbocycles. The van der Waals surface area contributed by atoms with Gasteiger partial charge in [-0.2, -0.15) is 28.4 Å². The van der Waals surface area contributed by atoms with Gasteiger partial charge in [-0.25, -0.2) is 0 Å². The Kier molecular flexibility index (Phi) is 6.72. The number of amidine groups is 1. The Balaban J connectivity index is 1.34. The lowest BCUT2D eigenvalue weighted by Crippen LogP contribution is -2.37. The molecular weight excluding hydrogens is 549 g/mol. The molecule has 0 spiro atoms. The van der Waals surface area contributed by atoms with Crippen molar-refractivity contribution >= 4 is 50.9 Å². The quantitative estimate of drug-likeness (QED) is 0.289. The summed E-state index contributed by atoms with van der Waals surface area (Å²) < 4.78 is 43.8. The topological polar surface area (TPSA) is 79.2 Å². The summed E-state index contributed by atoms with van der Waals surface area (Å²) in [6.45, 7) is 1.39. The van der Waals surface area contributed by atoms with E-state index < -0.39 is 17.6 Å². The number of carbonyl (C=O) groups excluding carboxylic acids is 1. The molecule has 12 heteroatoms. The van der Waals surface area contributed by atoms with Crippen molar-refractivity contribution in [2.24, 2.45) is 4.99 Å². The van der Waals surface area contributed by atoms with Crippen molar-refractivity contribution in [3.63, 3.8) is 0 Å². The second kappa shape index (κ2) is 10.2. The smallest absolute Gasteiger partial charge is 0.351 e. The highest BCUT2D eigenvalue weighted by Crippen LogP contribution is 2.41. The lowest BCUT2D eigenvalue weighted by molar-refractivity contribution is -0.138.